The van der Waals surface area contributed by atoms with Crippen molar-refractivity contribution in [2.24, 2.45) is 0 Å². The van der Waals surface area contributed by atoms with Gasteiger partial charge in [-0.3, -0.25) is 4.90 Å². The van der Waals surface area contributed by atoms with Gasteiger partial charge in [0.25, 0.3) is 0 Å². The molecule has 0 radical (unpaired) electrons. The number of benzene rings is 1. The first kappa shape index (κ1) is 14.5. The van der Waals surface area contributed by atoms with E-state index in [1.807, 2.05) is 18.2 Å². The Morgan fingerprint density at radius 2 is 2.17 bits per heavy atom. The van der Waals surface area contributed by atoms with Crippen LogP contribution in [0, 0.1) is 0 Å². The van der Waals surface area contributed by atoms with Gasteiger partial charge < -0.3 is 0 Å². The maximum atomic E-state index is 6.22. The van der Waals surface area contributed by atoms with Gasteiger partial charge in [-0.2, -0.15) is 0 Å². The van der Waals surface area contributed by atoms with Crippen molar-refractivity contribution >= 4 is 34.8 Å². The summed E-state index contributed by atoms with van der Waals surface area (Å²) < 4.78 is 0. The van der Waals surface area contributed by atoms with Gasteiger partial charge in [-0.05, 0) is 50.4 Å². The second-order valence-corrected chi connectivity index (χ2v) is 6.61. The van der Waals surface area contributed by atoms with Crippen molar-refractivity contribution in [2.75, 3.05) is 6.54 Å². The summed E-state index contributed by atoms with van der Waals surface area (Å²) in [4.78, 5) is 2.48. The molecule has 1 aromatic rings. The van der Waals surface area contributed by atoms with E-state index in [0.29, 0.717) is 11.1 Å². The lowest BCUT2D eigenvalue weighted by molar-refractivity contribution is 0.234. The minimum Gasteiger partial charge on any atom is -0.296 e. The number of likely N-dealkylation sites (tertiary alicyclic amines) is 1. The highest BCUT2D eigenvalue weighted by atomic mass is 35.5. The first-order valence-electron chi connectivity index (χ1n) is 6.38. The van der Waals surface area contributed by atoms with Crippen LogP contribution in [0.25, 0.3) is 0 Å². The van der Waals surface area contributed by atoms with Gasteiger partial charge >= 0.3 is 0 Å². The van der Waals surface area contributed by atoms with Crippen LogP contribution in [-0.4, -0.2) is 22.9 Å². The molecule has 2 atom stereocenters. The fourth-order valence-electron chi connectivity index (χ4n) is 2.61. The summed E-state index contributed by atoms with van der Waals surface area (Å²) in [5, 5.41) is 1.68. The molecule has 18 heavy (non-hydrogen) atoms. The van der Waals surface area contributed by atoms with E-state index < -0.39 is 0 Å². The van der Waals surface area contributed by atoms with Crippen LogP contribution >= 0.6 is 34.8 Å². The standard InChI is InChI=1S/C14H18Cl3N/c1-10(15)7-13-3-2-6-18(13)9-11-4-5-12(16)8-14(11)17/h4-5,8,10,13H,2-3,6-7,9H2,1H3. The predicted octanol–water partition coefficient (Wildman–Crippen LogP) is 4.98. The zero-order valence-electron chi connectivity index (χ0n) is 10.5. The molecular weight excluding hydrogens is 289 g/mol. The van der Waals surface area contributed by atoms with E-state index in [1.54, 1.807) is 0 Å². The Kier molecular flexibility index (Phi) is 5.20. The van der Waals surface area contributed by atoms with Gasteiger partial charge in [-0.15, -0.1) is 11.6 Å². The minimum absolute atomic E-state index is 0.233. The molecule has 2 unspecified atom stereocenters. The number of alkyl halides is 1. The Balaban J connectivity index is 2.03. The SMILES string of the molecule is CC(Cl)CC1CCCN1Cc1ccc(Cl)cc1Cl. The molecule has 0 saturated carbocycles. The summed E-state index contributed by atoms with van der Waals surface area (Å²) in [6.07, 6.45) is 3.54. The predicted molar refractivity (Wildman–Crippen MR) is 79.8 cm³/mol. The van der Waals surface area contributed by atoms with Crippen LogP contribution in [0.5, 0.6) is 0 Å². The summed E-state index contributed by atoms with van der Waals surface area (Å²) in [6, 6.07) is 6.32. The third-order valence-electron chi connectivity index (χ3n) is 3.48. The van der Waals surface area contributed by atoms with Gasteiger partial charge in [0.2, 0.25) is 0 Å². The largest absolute Gasteiger partial charge is 0.296 e. The normalized spacial score (nSPS) is 22.3. The molecule has 1 aliphatic rings. The Hall–Kier alpha value is 0.0500. The summed E-state index contributed by atoms with van der Waals surface area (Å²) >= 11 is 18.2. The summed E-state index contributed by atoms with van der Waals surface area (Å²) in [7, 11) is 0. The van der Waals surface area contributed by atoms with Gasteiger partial charge in [-0.1, -0.05) is 29.3 Å². The molecule has 4 heteroatoms. The van der Waals surface area contributed by atoms with E-state index in [0.717, 1.165) is 30.1 Å². The second kappa shape index (κ2) is 6.47. The van der Waals surface area contributed by atoms with Crippen molar-refractivity contribution in [3.8, 4) is 0 Å². The second-order valence-electron chi connectivity index (χ2n) is 5.02. The topological polar surface area (TPSA) is 3.24 Å². The molecular formula is C14H18Cl3N. The fourth-order valence-corrected chi connectivity index (χ4v) is 3.29. The van der Waals surface area contributed by atoms with Gasteiger partial charge in [0.15, 0.2) is 0 Å². The van der Waals surface area contributed by atoms with Gasteiger partial charge in [-0.25, -0.2) is 0 Å². The lowest BCUT2D eigenvalue weighted by Gasteiger charge is -2.25. The molecule has 1 heterocycles. The van der Waals surface area contributed by atoms with Gasteiger partial charge in [0.05, 0.1) is 0 Å². The first-order valence-corrected chi connectivity index (χ1v) is 7.57. The summed E-state index contributed by atoms with van der Waals surface area (Å²) in [6.45, 7) is 4.09. The number of hydrogen-bond acceptors (Lipinski definition) is 1. The highest BCUT2D eigenvalue weighted by Gasteiger charge is 2.25. The third-order valence-corrected chi connectivity index (χ3v) is 4.25. The van der Waals surface area contributed by atoms with Crippen molar-refractivity contribution in [1.29, 1.82) is 0 Å². The lowest BCUT2D eigenvalue weighted by Crippen LogP contribution is -2.30. The summed E-state index contributed by atoms with van der Waals surface area (Å²) in [5.41, 5.74) is 1.15. The number of rotatable bonds is 4. The van der Waals surface area contributed by atoms with Crippen LogP contribution in [0.3, 0.4) is 0 Å². The summed E-state index contributed by atoms with van der Waals surface area (Å²) in [5.74, 6) is 0. The number of nitrogens with zero attached hydrogens (tertiary/aromatic N) is 1. The number of halogens is 3. The van der Waals surface area contributed by atoms with Gasteiger partial charge in [0.1, 0.15) is 0 Å². The van der Waals surface area contributed by atoms with Crippen LogP contribution in [-0.2, 0) is 6.54 Å². The van der Waals surface area contributed by atoms with Crippen molar-refractivity contribution in [2.45, 2.75) is 44.1 Å². The Morgan fingerprint density at radius 1 is 1.39 bits per heavy atom. The molecule has 0 aliphatic carbocycles. The molecule has 100 valence electrons. The highest BCUT2D eigenvalue weighted by Crippen LogP contribution is 2.28. The van der Waals surface area contributed by atoms with E-state index in [2.05, 4.69) is 11.8 Å². The van der Waals surface area contributed by atoms with Crippen LogP contribution < -0.4 is 0 Å². The van der Waals surface area contributed by atoms with Crippen LogP contribution in [0.1, 0.15) is 31.7 Å². The van der Waals surface area contributed by atoms with E-state index in [1.165, 1.54) is 12.8 Å². The van der Waals surface area contributed by atoms with E-state index in [-0.39, 0.29) is 5.38 Å². The first-order chi connectivity index (χ1) is 8.56. The van der Waals surface area contributed by atoms with Crippen molar-refractivity contribution < 1.29 is 0 Å². The van der Waals surface area contributed by atoms with E-state index in [4.69, 9.17) is 34.8 Å². The molecule has 1 nitrogen and oxygen atoms in total. The molecule has 2 rings (SSSR count). The fraction of sp³-hybridized carbons (Fsp3) is 0.571. The minimum atomic E-state index is 0.233. The average molecular weight is 307 g/mol. The van der Waals surface area contributed by atoms with Gasteiger partial charge in [0, 0.05) is 28.0 Å². The van der Waals surface area contributed by atoms with Crippen molar-refractivity contribution in [1.82, 2.24) is 4.90 Å². The lowest BCUT2D eigenvalue weighted by atomic mass is 10.1. The third kappa shape index (κ3) is 3.77. The number of hydrogen-bond donors (Lipinski definition) is 0. The highest BCUT2D eigenvalue weighted by molar-refractivity contribution is 6.35. The molecule has 1 aliphatic heterocycles. The smallest absolute Gasteiger partial charge is 0.0465 e. The zero-order chi connectivity index (χ0) is 13.1. The van der Waals surface area contributed by atoms with Crippen LogP contribution in [0.2, 0.25) is 10.0 Å². The molecule has 1 fully saturated rings. The molecule has 0 spiro atoms. The van der Waals surface area contributed by atoms with Crippen LogP contribution in [0.15, 0.2) is 18.2 Å². The monoisotopic (exact) mass is 305 g/mol. The molecule has 0 N–H and O–H groups in total. The molecule has 0 aromatic heterocycles. The van der Waals surface area contributed by atoms with Crippen LogP contribution in [0.4, 0.5) is 0 Å². The molecule has 0 amide bonds. The van der Waals surface area contributed by atoms with Crippen molar-refractivity contribution in [3.63, 3.8) is 0 Å². The zero-order valence-corrected chi connectivity index (χ0v) is 12.8. The maximum absolute atomic E-state index is 6.22. The Bertz CT molecular complexity index is 406. The Labute approximate surface area is 124 Å². The average Bonchev–Trinajstić information content (AvgIpc) is 2.69. The van der Waals surface area contributed by atoms with E-state index in [9.17, 15) is 0 Å². The quantitative estimate of drug-likeness (QED) is 0.709. The molecule has 1 aromatic carbocycles. The van der Waals surface area contributed by atoms with E-state index >= 15 is 0 Å². The maximum Gasteiger partial charge on any atom is 0.0465 e. The molecule has 0 bridgehead atoms. The van der Waals surface area contributed by atoms with Crippen molar-refractivity contribution in [3.05, 3.63) is 33.8 Å². The Morgan fingerprint density at radius 3 is 2.83 bits per heavy atom. The molecule has 1 saturated heterocycles.